The SMILES string of the molecule is CC(=O)N(C)c1nc(CSc2nnc(Nc3ccc(C)cc3)s2)cs1. The molecule has 3 aromatic rings. The zero-order valence-electron chi connectivity index (χ0n) is 14.0. The van der Waals surface area contributed by atoms with E-state index in [1.54, 1.807) is 23.7 Å². The summed E-state index contributed by atoms with van der Waals surface area (Å²) < 4.78 is 0.879. The van der Waals surface area contributed by atoms with Gasteiger partial charge in [0.1, 0.15) is 0 Å². The first-order chi connectivity index (χ1) is 12.0. The fraction of sp³-hybridized carbons (Fsp3) is 0.250. The molecule has 1 N–H and O–H groups in total. The number of carbonyl (C=O) groups is 1. The number of amides is 1. The second-order valence-electron chi connectivity index (χ2n) is 5.35. The molecule has 2 heterocycles. The third kappa shape index (κ3) is 4.77. The lowest BCUT2D eigenvalue weighted by atomic mass is 10.2. The summed E-state index contributed by atoms with van der Waals surface area (Å²) in [5, 5.41) is 15.1. The van der Waals surface area contributed by atoms with Crippen molar-refractivity contribution in [3.05, 3.63) is 40.9 Å². The molecule has 130 valence electrons. The number of nitrogens with one attached hydrogen (secondary N) is 1. The number of aryl methyl sites for hydroxylation is 1. The van der Waals surface area contributed by atoms with E-state index in [0.29, 0.717) is 10.9 Å². The largest absolute Gasteiger partial charge is 0.330 e. The molecular weight excluding hydrogens is 374 g/mol. The van der Waals surface area contributed by atoms with Gasteiger partial charge in [0.2, 0.25) is 11.0 Å². The molecule has 0 spiro atoms. The lowest BCUT2D eigenvalue weighted by Crippen LogP contribution is -2.22. The fourth-order valence-electron chi connectivity index (χ4n) is 1.87. The van der Waals surface area contributed by atoms with Crippen LogP contribution < -0.4 is 10.2 Å². The normalized spacial score (nSPS) is 10.7. The van der Waals surface area contributed by atoms with E-state index in [9.17, 15) is 4.79 Å². The van der Waals surface area contributed by atoms with Crippen molar-refractivity contribution in [3.63, 3.8) is 0 Å². The van der Waals surface area contributed by atoms with Gasteiger partial charge in [0.05, 0.1) is 5.69 Å². The first-order valence-corrected chi connectivity index (χ1v) is 10.2. The molecular formula is C16H17N5OS3. The van der Waals surface area contributed by atoms with E-state index in [0.717, 1.165) is 20.9 Å². The number of benzene rings is 1. The number of carbonyl (C=O) groups excluding carboxylic acids is 1. The number of rotatable bonds is 6. The highest BCUT2D eigenvalue weighted by Crippen LogP contribution is 2.31. The highest BCUT2D eigenvalue weighted by molar-refractivity contribution is 8.00. The van der Waals surface area contributed by atoms with Gasteiger partial charge < -0.3 is 5.32 Å². The van der Waals surface area contributed by atoms with Crippen LogP contribution in [0, 0.1) is 6.92 Å². The number of aromatic nitrogens is 3. The molecule has 6 nitrogen and oxygen atoms in total. The molecule has 1 amide bonds. The van der Waals surface area contributed by atoms with Gasteiger partial charge in [-0.2, -0.15) is 0 Å². The smallest absolute Gasteiger partial charge is 0.225 e. The van der Waals surface area contributed by atoms with Crippen LogP contribution in [-0.2, 0) is 10.5 Å². The maximum Gasteiger partial charge on any atom is 0.225 e. The summed E-state index contributed by atoms with van der Waals surface area (Å²) in [5.41, 5.74) is 3.15. The van der Waals surface area contributed by atoms with Crippen LogP contribution in [0.4, 0.5) is 16.0 Å². The van der Waals surface area contributed by atoms with Crippen LogP contribution in [0.25, 0.3) is 0 Å². The van der Waals surface area contributed by atoms with Crippen LogP contribution in [0.2, 0.25) is 0 Å². The Morgan fingerprint density at radius 2 is 2.04 bits per heavy atom. The van der Waals surface area contributed by atoms with Gasteiger partial charge in [-0.05, 0) is 19.1 Å². The minimum atomic E-state index is -0.0236. The Hall–Kier alpha value is -1.97. The standard InChI is InChI=1S/C16H17N5OS3/c1-10-4-6-12(7-5-10)17-14-19-20-16(25-14)24-9-13-8-23-15(18-13)21(3)11(2)22/h4-8H,9H2,1-3H3,(H,17,19). The Labute approximate surface area is 158 Å². The monoisotopic (exact) mass is 391 g/mol. The fourth-order valence-corrected chi connectivity index (χ4v) is 4.47. The van der Waals surface area contributed by atoms with Crippen LogP contribution >= 0.6 is 34.4 Å². The molecule has 3 rings (SSSR count). The molecule has 0 saturated carbocycles. The third-order valence-electron chi connectivity index (χ3n) is 3.35. The van der Waals surface area contributed by atoms with E-state index in [-0.39, 0.29) is 5.91 Å². The number of hydrogen-bond donors (Lipinski definition) is 1. The maximum atomic E-state index is 11.4. The van der Waals surface area contributed by atoms with Crippen LogP contribution in [0.15, 0.2) is 34.0 Å². The van der Waals surface area contributed by atoms with Crippen LogP contribution in [-0.4, -0.2) is 28.1 Å². The summed E-state index contributed by atoms with van der Waals surface area (Å²) in [6, 6.07) is 8.14. The first-order valence-electron chi connectivity index (χ1n) is 7.50. The number of anilines is 3. The average molecular weight is 392 g/mol. The van der Waals surface area contributed by atoms with Crippen molar-refractivity contribution < 1.29 is 4.79 Å². The molecule has 0 fully saturated rings. The predicted octanol–water partition coefficient (Wildman–Crippen LogP) is 4.32. The van der Waals surface area contributed by atoms with Crippen molar-refractivity contribution >= 4 is 56.3 Å². The summed E-state index contributed by atoms with van der Waals surface area (Å²) in [6.07, 6.45) is 0. The maximum absolute atomic E-state index is 11.4. The Morgan fingerprint density at radius 3 is 2.76 bits per heavy atom. The lowest BCUT2D eigenvalue weighted by molar-refractivity contribution is -0.116. The van der Waals surface area contributed by atoms with E-state index in [1.807, 2.05) is 17.5 Å². The summed E-state index contributed by atoms with van der Waals surface area (Å²) in [5.74, 6) is 0.672. The molecule has 1 aromatic carbocycles. The predicted molar refractivity (Wildman–Crippen MR) is 105 cm³/mol. The second-order valence-corrected chi connectivity index (χ2v) is 8.39. The molecule has 0 radical (unpaired) electrons. The van der Waals surface area contributed by atoms with Crippen LogP contribution in [0.3, 0.4) is 0 Å². The molecule has 0 aliphatic rings. The number of nitrogens with zero attached hydrogens (tertiary/aromatic N) is 4. The van der Waals surface area contributed by atoms with Crippen molar-refractivity contribution in [2.24, 2.45) is 0 Å². The average Bonchev–Trinajstić information content (AvgIpc) is 3.23. The Balaban J connectivity index is 1.57. The molecule has 0 bridgehead atoms. The van der Waals surface area contributed by atoms with Crippen molar-refractivity contribution in [2.75, 3.05) is 17.3 Å². The Bertz CT molecular complexity index is 859. The van der Waals surface area contributed by atoms with E-state index in [2.05, 4.69) is 39.6 Å². The highest BCUT2D eigenvalue weighted by atomic mass is 32.2. The molecule has 2 aromatic heterocycles. The molecule has 0 saturated heterocycles. The molecule has 0 unspecified atom stereocenters. The van der Waals surface area contributed by atoms with Gasteiger partial charge in [0.15, 0.2) is 9.47 Å². The molecule has 9 heteroatoms. The summed E-state index contributed by atoms with van der Waals surface area (Å²) >= 11 is 4.56. The van der Waals surface area contributed by atoms with Gasteiger partial charge in [-0.15, -0.1) is 21.5 Å². The Morgan fingerprint density at radius 1 is 1.28 bits per heavy atom. The van der Waals surface area contributed by atoms with E-state index in [4.69, 9.17) is 0 Å². The lowest BCUT2D eigenvalue weighted by Gasteiger charge is -2.09. The zero-order chi connectivity index (χ0) is 17.8. The third-order valence-corrected chi connectivity index (χ3v) is 6.32. The summed E-state index contributed by atoms with van der Waals surface area (Å²) in [6.45, 7) is 3.58. The van der Waals surface area contributed by atoms with Crippen LogP contribution in [0.1, 0.15) is 18.2 Å². The van der Waals surface area contributed by atoms with Gasteiger partial charge in [-0.25, -0.2) is 4.98 Å². The number of thioether (sulfide) groups is 1. The number of hydrogen-bond acceptors (Lipinski definition) is 8. The van der Waals surface area contributed by atoms with E-state index >= 15 is 0 Å². The molecule has 0 aliphatic carbocycles. The van der Waals surface area contributed by atoms with E-state index in [1.165, 1.54) is 35.2 Å². The van der Waals surface area contributed by atoms with Crippen molar-refractivity contribution in [1.82, 2.24) is 15.2 Å². The van der Waals surface area contributed by atoms with E-state index < -0.39 is 0 Å². The molecule has 0 aliphatic heterocycles. The summed E-state index contributed by atoms with van der Waals surface area (Å²) in [4.78, 5) is 17.4. The second kappa shape index (κ2) is 7.94. The molecule has 25 heavy (non-hydrogen) atoms. The van der Waals surface area contributed by atoms with Crippen molar-refractivity contribution in [2.45, 2.75) is 23.9 Å². The first kappa shape index (κ1) is 17.8. The Kier molecular flexibility index (Phi) is 5.67. The minimum Gasteiger partial charge on any atom is -0.330 e. The van der Waals surface area contributed by atoms with Gasteiger partial charge in [-0.1, -0.05) is 40.8 Å². The highest BCUT2D eigenvalue weighted by Gasteiger charge is 2.12. The topological polar surface area (TPSA) is 71.0 Å². The number of thiazole rings is 1. The van der Waals surface area contributed by atoms with Crippen molar-refractivity contribution in [1.29, 1.82) is 0 Å². The van der Waals surface area contributed by atoms with Gasteiger partial charge in [-0.3, -0.25) is 9.69 Å². The molecule has 0 atom stereocenters. The van der Waals surface area contributed by atoms with Gasteiger partial charge in [0, 0.05) is 30.8 Å². The van der Waals surface area contributed by atoms with Gasteiger partial charge in [0.25, 0.3) is 0 Å². The summed E-state index contributed by atoms with van der Waals surface area (Å²) in [7, 11) is 1.73. The minimum absolute atomic E-state index is 0.0236. The zero-order valence-corrected chi connectivity index (χ0v) is 16.5. The van der Waals surface area contributed by atoms with Gasteiger partial charge >= 0.3 is 0 Å². The quantitative estimate of drug-likeness (QED) is 0.631. The van der Waals surface area contributed by atoms with Crippen LogP contribution in [0.5, 0.6) is 0 Å². The van der Waals surface area contributed by atoms with Crippen molar-refractivity contribution in [3.8, 4) is 0 Å².